The van der Waals surface area contributed by atoms with Crippen molar-refractivity contribution in [2.45, 2.75) is 25.4 Å². The minimum atomic E-state index is -5.08. The fourth-order valence-electron chi connectivity index (χ4n) is 4.05. The number of ether oxygens (including phenoxy) is 1. The summed E-state index contributed by atoms with van der Waals surface area (Å²) in [6.07, 6.45) is -2.18. The lowest BCUT2D eigenvalue weighted by atomic mass is 10.1. The van der Waals surface area contributed by atoms with Crippen LogP contribution in [0.15, 0.2) is 36.5 Å². The molecule has 5 rings (SSSR count). The van der Waals surface area contributed by atoms with Crippen LogP contribution in [0, 0.1) is 6.92 Å². The molecule has 0 saturated carbocycles. The fraction of sp³-hybridized carbons (Fsp3) is 0.435. The maximum Gasteiger partial charge on any atom is 0.490 e. The summed E-state index contributed by atoms with van der Waals surface area (Å²) >= 11 is 0. The fourth-order valence-corrected chi connectivity index (χ4v) is 4.05. The third-order valence-electron chi connectivity index (χ3n) is 5.90. The molecule has 192 valence electrons. The number of amides is 1. The third kappa shape index (κ3) is 5.90. The molecule has 1 N–H and O–H groups in total. The summed E-state index contributed by atoms with van der Waals surface area (Å²) in [6.45, 7) is 6.51. The van der Waals surface area contributed by atoms with Crippen molar-refractivity contribution in [2.75, 3.05) is 44.3 Å². The van der Waals surface area contributed by atoms with E-state index in [2.05, 4.69) is 16.0 Å². The number of aryl methyl sites for hydroxylation is 1. The summed E-state index contributed by atoms with van der Waals surface area (Å²) in [5.74, 6) is -1.82. The van der Waals surface area contributed by atoms with E-state index in [1.807, 2.05) is 40.7 Å². The number of anilines is 1. The van der Waals surface area contributed by atoms with E-state index in [1.165, 1.54) is 0 Å². The highest BCUT2D eigenvalue weighted by Gasteiger charge is 2.38. The Morgan fingerprint density at radius 3 is 2.47 bits per heavy atom. The van der Waals surface area contributed by atoms with Gasteiger partial charge in [-0.25, -0.2) is 19.3 Å². The molecule has 3 aromatic rings. The van der Waals surface area contributed by atoms with Crippen LogP contribution < -0.4 is 4.90 Å². The molecule has 2 fully saturated rings. The van der Waals surface area contributed by atoms with E-state index >= 15 is 0 Å². The molecule has 0 spiro atoms. The highest BCUT2D eigenvalue weighted by Crippen LogP contribution is 2.27. The number of morpholine rings is 1. The molecule has 3 aromatic heterocycles. The Balaban J connectivity index is 0.000000384. The number of carbonyl (C=O) groups excluding carboxylic acids is 1. The van der Waals surface area contributed by atoms with Crippen molar-refractivity contribution < 1.29 is 32.6 Å². The number of hydrogen-bond acceptors (Lipinski definition) is 7. The van der Waals surface area contributed by atoms with Crippen LogP contribution in [0.3, 0.4) is 0 Å². The Bertz CT molecular complexity index is 1240. The number of aliphatic carboxylic acids is 1. The van der Waals surface area contributed by atoms with Crippen molar-refractivity contribution in [2.24, 2.45) is 0 Å². The number of likely N-dealkylation sites (tertiary alicyclic amines) is 1. The second-order valence-corrected chi connectivity index (χ2v) is 8.46. The van der Waals surface area contributed by atoms with Crippen molar-refractivity contribution in [3.63, 3.8) is 0 Å². The summed E-state index contributed by atoms with van der Waals surface area (Å²) in [5.41, 5.74) is 3.32. The van der Waals surface area contributed by atoms with Crippen molar-refractivity contribution >= 4 is 23.2 Å². The smallest absolute Gasteiger partial charge is 0.475 e. The molecule has 36 heavy (non-hydrogen) atoms. The number of carbonyl (C=O) groups is 2. The first-order valence-corrected chi connectivity index (χ1v) is 11.3. The number of nitrogens with zero attached hydrogens (tertiary/aromatic N) is 6. The Kier molecular flexibility index (Phi) is 7.38. The minimum Gasteiger partial charge on any atom is -0.475 e. The van der Waals surface area contributed by atoms with E-state index < -0.39 is 12.1 Å². The predicted octanol–water partition coefficient (Wildman–Crippen LogP) is 2.53. The van der Waals surface area contributed by atoms with E-state index in [0.29, 0.717) is 18.8 Å². The van der Waals surface area contributed by atoms with E-state index in [9.17, 15) is 18.0 Å². The molecule has 0 radical (unpaired) electrons. The van der Waals surface area contributed by atoms with Crippen LogP contribution >= 0.6 is 0 Å². The zero-order valence-electron chi connectivity index (χ0n) is 19.5. The Morgan fingerprint density at radius 2 is 1.81 bits per heavy atom. The van der Waals surface area contributed by atoms with Crippen LogP contribution in [0.25, 0.3) is 5.65 Å². The van der Waals surface area contributed by atoms with Crippen LogP contribution in [-0.4, -0.2) is 87.0 Å². The number of aromatic nitrogens is 4. The number of carboxylic acids is 1. The molecule has 1 unspecified atom stereocenters. The van der Waals surface area contributed by atoms with E-state index in [4.69, 9.17) is 24.7 Å². The van der Waals surface area contributed by atoms with Gasteiger partial charge in [-0.3, -0.25) is 4.79 Å². The average Bonchev–Trinajstić information content (AvgIpc) is 3.51. The monoisotopic (exact) mass is 506 g/mol. The second-order valence-electron chi connectivity index (χ2n) is 8.46. The van der Waals surface area contributed by atoms with Crippen molar-refractivity contribution in [3.05, 3.63) is 53.7 Å². The van der Waals surface area contributed by atoms with Crippen molar-refractivity contribution in [3.8, 4) is 0 Å². The summed E-state index contributed by atoms with van der Waals surface area (Å²) < 4.78 is 39.0. The summed E-state index contributed by atoms with van der Waals surface area (Å²) in [5, 5.41) is 11.8. The zero-order chi connectivity index (χ0) is 25.9. The number of carboxylic acid groups (broad SMARTS) is 1. The first-order chi connectivity index (χ1) is 17.1. The second kappa shape index (κ2) is 10.5. The van der Waals surface area contributed by atoms with Crippen molar-refractivity contribution in [1.82, 2.24) is 24.5 Å². The normalized spacial score (nSPS) is 18.2. The molecule has 0 aromatic carbocycles. The Labute approximate surface area is 204 Å². The van der Waals surface area contributed by atoms with Gasteiger partial charge in [0.1, 0.15) is 5.69 Å². The molecule has 13 heteroatoms. The van der Waals surface area contributed by atoms with Crippen LogP contribution in [0.1, 0.15) is 34.3 Å². The molecule has 5 heterocycles. The summed E-state index contributed by atoms with van der Waals surface area (Å²) in [4.78, 5) is 34.9. The largest absolute Gasteiger partial charge is 0.490 e. The SMILES string of the molecule is Cc1cccc(C(=O)N2CCC(c3nc4ccc(N5CCOCC5)cn4n3)C2)n1.O=C(O)C(F)(F)F. The molecule has 0 aliphatic carbocycles. The van der Waals surface area contributed by atoms with Crippen LogP contribution in [0.4, 0.5) is 18.9 Å². The van der Waals surface area contributed by atoms with Crippen LogP contribution in [0.5, 0.6) is 0 Å². The average molecular weight is 506 g/mol. The van der Waals surface area contributed by atoms with E-state index in [0.717, 1.165) is 55.6 Å². The summed E-state index contributed by atoms with van der Waals surface area (Å²) in [6, 6.07) is 9.65. The molecular formula is C23H25F3N6O4. The highest BCUT2D eigenvalue weighted by molar-refractivity contribution is 5.92. The first kappa shape index (κ1) is 25.4. The molecule has 2 aliphatic rings. The van der Waals surface area contributed by atoms with Crippen LogP contribution in [-0.2, 0) is 9.53 Å². The Morgan fingerprint density at radius 1 is 1.08 bits per heavy atom. The van der Waals surface area contributed by atoms with Gasteiger partial charge in [0.05, 0.1) is 25.1 Å². The lowest BCUT2D eigenvalue weighted by molar-refractivity contribution is -0.192. The summed E-state index contributed by atoms with van der Waals surface area (Å²) in [7, 11) is 0. The first-order valence-electron chi connectivity index (χ1n) is 11.3. The van der Waals surface area contributed by atoms with Gasteiger partial charge in [0.2, 0.25) is 0 Å². The van der Waals surface area contributed by atoms with Crippen LogP contribution in [0.2, 0.25) is 0 Å². The molecule has 10 nitrogen and oxygen atoms in total. The molecular weight excluding hydrogens is 481 g/mol. The maximum atomic E-state index is 12.8. The Hall–Kier alpha value is -3.74. The number of fused-ring (bicyclic) bond motifs is 1. The predicted molar refractivity (Wildman–Crippen MR) is 122 cm³/mol. The topological polar surface area (TPSA) is 113 Å². The highest BCUT2D eigenvalue weighted by atomic mass is 19.4. The third-order valence-corrected chi connectivity index (χ3v) is 5.90. The molecule has 1 amide bonds. The quantitative estimate of drug-likeness (QED) is 0.577. The van der Waals surface area contributed by atoms with Gasteiger partial charge in [0.25, 0.3) is 5.91 Å². The van der Waals surface area contributed by atoms with Gasteiger partial charge < -0.3 is 19.6 Å². The minimum absolute atomic E-state index is 0.0189. The molecule has 1 atom stereocenters. The van der Waals surface area contributed by atoms with Gasteiger partial charge in [0.15, 0.2) is 11.5 Å². The molecule has 2 saturated heterocycles. The zero-order valence-corrected chi connectivity index (χ0v) is 19.5. The molecule has 0 bridgehead atoms. The van der Waals surface area contributed by atoms with E-state index in [-0.39, 0.29) is 11.8 Å². The van der Waals surface area contributed by atoms with Gasteiger partial charge in [0, 0.05) is 37.8 Å². The van der Waals surface area contributed by atoms with Gasteiger partial charge in [-0.2, -0.15) is 18.3 Å². The standard InChI is InChI=1S/C21H24N6O2.C2HF3O2/c1-15-3-2-4-18(22-15)21(28)26-8-7-16(13-26)20-23-19-6-5-17(14-27(19)24-20)25-9-11-29-12-10-25;3-2(4,5)1(6)7/h2-6,14,16H,7-13H2,1H3;(H,6,7). The number of hydrogen-bond donors (Lipinski definition) is 1. The number of rotatable bonds is 3. The number of halogens is 3. The lowest BCUT2D eigenvalue weighted by Gasteiger charge is -2.28. The molecule has 2 aliphatic heterocycles. The van der Waals surface area contributed by atoms with Crippen molar-refractivity contribution in [1.29, 1.82) is 0 Å². The number of pyridine rings is 2. The van der Waals surface area contributed by atoms with Gasteiger partial charge in [-0.15, -0.1) is 0 Å². The van der Waals surface area contributed by atoms with Gasteiger partial charge in [-0.1, -0.05) is 6.07 Å². The maximum absolute atomic E-state index is 12.8. The van der Waals surface area contributed by atoms with Gasteiger partial charge >= 0.3 is 12.1 Å². The van der Waals surface area contributed by atoms with E-state index in [1.54, 1.807) is 6.07 Å². The lowest BCUT2D eigenvalue weighted by Crippen LogP contribution is -2.36. The number of alkyl halides is 3. The van der Waals surface area contributed by atoms with Gasteiger partial charge in [-0.05, 0) is 37.6 Å².